The summed E-state index contributed by atoms with van der Waals surface area (Å²) in [6, 6.07) is 12.7. The van der Waals surface area contributed by atoms with Gasteiger partial charge in [0.05, 0.1) is 29.8 Å². The van der Waals surface area contributed by atoms with E-state index in [-0.39, 0.29) is 25.2 Å². The summed E-state index contributed by atoms with van der Waals surface area (Å²) in [5, 5.41) is 1.10. The number of pyridine rings is 1. The van der Waals surface area contributed by atoms with Crippen LogP contribution in [0.25, 0.3) is 11.0 Å². The molecule has 33 heavy (non-hydrogen) atoms. The number of ketones is 1. The van der Waals surface area contributed by atoms with E-state index in [1.165, 1.54) is 25.8 Å². The van der Waals surface area contributed by atoms with Gasteiger partial charge >= 0.3 is 5.97 Å². The predicted molar refractivity (Wildman–Crippen MR) is 125 cm³/mol. The minimum atomic E-state index is -0.442. The molecule has 8 heteroatoms. The van der Waals surface area contributed by atoms with E-state index >= 15 is 0 Å². The molecule has 4 aromatic rings. The van der Waals surface area contributed by atoms with Crippen molar-refractivity contribution in [1.82, 2.24) is 4.98 Å². The SMILES string of the molecule is COc1ccc(C(=O)Cc2c(Cl)cncc2Cl)c2c(CC(=O)OCc3ccccc3)coc12. The molecule has 0 unspecified atom stereocenters. The standard InChI is InChI=1S/C25H19Cl2NO5/c1-31-22-8-7-17(21(29)10-18-19(26)11-28-12-20(18)27)24-16(14-33-25(22)24)9-23(30)32-13-15-5-3-2-4-6-15/h2-8,11-12,14H,9-10,13H2,1H3. The fraction of sp³-hybridized carbons (Fsp3) is 0.160. The van der Waals surface area contributed by atoms with Gasteiger partial charge in [0.1, 0.15) is 6.61 Å². The lowest BCUT2D eigenvalue weighted by Crippen LogP contribution is -2.10. The predicted octanol–water partition coefficient (Wildman–Crippen LogP) is 5.85. The number of Topliss-reactive ketones (excluding diaryl/α,β-unsaturated/α-hetero) is 1. The highest BCUT2D eigenvalue weighted by Crippen LogP contribution is 2.34. The number of hydrogen-bond acceptors (Lipinski definition) is 6. The molecule has 0 radical (unpaired) electrons. The van der Waals surface area contributed by atoms with Crippen LogP contribution in [-0.4, -0.2) is 23.8 Å². The minimum absolute atomic E-state index is 0.0370. The van der Waals surface area contributed by atoms with Gasteiger partial charge in [-0.05, 0) is 17.7 Å². The molecule has 0 saturated carbocycles. The number of methoxy groups -OCH3 is 1. The Morgan fingerprint density at radius 3 is 2.42 bits per heavy atom. The van der Waals surface area contributed by atoms with Crippen molar-refractivity contribution < 1.29 is 23.5 Å². The van der Waals surface area contributed by atoms with Crippen molar-refractivity contribution in [2.45, 2.75) is 19.4 Å². The molecule has 2 aromatic carbocycles. The number of ether oxygens (including phenoxy) is 2. The van der Waals surface area contributed by atoms with E-state index in [4.69, 9.17) is 37.1 Å². The summed E-state index contributed by atoms with van der Waals surface area (Å²) >= 11 is 12.4. The van der Waals surface area contributed by atoms with E-state index in [2.05, 4.69) is 4.98 Å². The number of fused-ring (bicyclic) bond motifs is 1. The molecule has 0 amide bonds. The summed E-state index contributed by atoms with van der Waals surface area (Å²) < 4.78 is 16.4. The fourth-order valence-electron chi connectivity index (χ4n) is 3.52. The number of nitrogens with zero attached hydrogens (tertiary/aromatic N) is 1. The third-order valence-electron chi connectivity index (χ3n) is 5.15. The molecule has 0 aliphatic heterocycles. The molecular weight excluding hydrogens is 465 g/mol. The first-order chi connectivity index (χ1) is 16.0. The number of carbonyl (C=O) groups is 2. The Labute approximate surface area is 200 Å². The molecule has 0 atom stereocenters. The maximum Gasteiger partial charge on any atom is 0.310 e. The second-order valence-corrected chi connectivity index (χ2v) is 8.10. The van der Waals surface area contributed by atoms with Gasteiger partial charge in [0.25, 0.3) is 0 Å². The van der Waals surface area contributed by atoms with Crippen molar-refractivity contribution in [2.75, 3.05) is 7.11 Å². The zero-order chi connectivity index (χ0) is 23.4. The fourth-order valence-corrected chi connectivity index (χ4v) is 4.02. The molecule has 2 aromatic heterocycles. The van der Waals surface area contributed by atoms with E-state index in [1.54, 1.807) is 12.1 Å². The summed E-state index contributed by atoms with van der Waals surface area (Å²) in [5.41, 5.74) is 2.63. The summed E-state index contributed by atoms with van der Waals surface area (Å²) in [5.74, 6) is -0.230. The third kappa shape index (κ3) is 5.02. The Kier molecular flexibility index (Phi) is 6.96. The number of aromatic nitrogens is 1. The number of hydrogen-bond donors (Lipinski definition) is 0. The molecule has 6 nitrogen and oxygen atoms in total. The van der Waals surface area contributed by atoms with E-state index in [0.29, 0.717) is 43.5 Å². The van der Waals surface area contributed by atoms with Crippen LogP contribution < -0.4 is 4.74 Å². The van der Waals surface area contributed by atoms with Gasteiger partial charge in [0, 0.05) is 40.9 Å². The van der Waals surface area contributed by atoms with Crippen molar-refractivity contribution in [3.8, 4) is 5.75 Å². The summed E-state index contributed by atoms with van der Waals surface area (Å²) in [4.78, 5) is 29.7. The van der Waals surface area contributed by atoms with Crippen LogP contribution >= 0.6 is 23.2 Å². The lowest BCUT2D eigenvalue weighted by Gasteiger charge is -2.10. The van der Waals surface area contributed by atoms with Crippen molar-refractivity contribution in [3.63, 3.8) is 0 Å². The molecule has 0 aliphatic carbocycles. The zero-order valence-electron chi connectivity index (χ0n) is 17.6. The van der Waals surface area contributed by atoms with Gasteiger partial charge in [0.2, 0.25) is 0 Å². The Bertz CT molecular complexity index is 1300. The molecule has 0 saturated heterocycles. The first-order valence-electron chi connectivity index (χ1n) is 10.1. The average Bonchev–Trinajstić information content (AvgIpc) is 3.24. The number of carbonyl (C=O) groups excluding carboxylic acids is 2. The second-order valence-electron chi connectivity index (χ2n) is 7.29. The van der Waals surface area contributed by atoms with Crippen LogP contribution in [0.3, 0.4) is 0 Å². The highest BCUT2D eigenvalue weighted by Gasteiger charge is 2.22. The molecule has 2 heterocycles. The first-order valence-corrected chi connectivity index (χ1v) is 10.8. The Balaban J connectivity index is 1.63. The molecule has 0 N–H and O–H groups in total. The van der Waals surface area contributed by atoms with Gasteiger partial charge < -0.3 is 13.9 Å². The third-order valence-corrected chi connectivity index (χ3v) is 5.80. The van der Waals surface area contributed by atoms with Crippen LogP contribution in [0.4, 0.5) is 0 Å². The normalized spacial score (nSPS) is 10.9. The van der Waals surface area contributed by atoms with Crippen molar-refractivity contribution >= 4 is 45.9 Å². The molecule has 168 valence electrons. The van der Waals surface area contributed by atoms with Gasteiger partial charge in [-0.2, -0.15) is 0 Å². The van der Waals surface area contributed by atoms with Crippen LogP contribution in [0.15, 0.2) is 65.5 Å². The van der Waals surface area contributed by atoms with Gasteiger partial charge in [-0.3, -0.25) is 14.6 Å². The molecule has 0 spiro atoms. The van der Waals surface area contributed by atoms with E-state index in [0.717, 1.165) is 5.56 Å². The minimum Gasteiger partial charge on any atom is -0.493 e. The summed E-state index contributed by atoms with van der Waals surface area (Å²) in [6.45, 7) is 0.156. The lowest BCUT2D eigenvalue weighted by atomic mass is 9.97. The van der Waals surface area contributed by atoms with Crippen molar-refractivity contribution in [3.05, 3.63) is 93.4 Å². The number of furan rings is 1. The monoisotopic (exact) mass is 483 g/mol. The van der Waals surface area contributed by atoms with Crippen LogP contribution in [0.5, 0.6) is 5.75 Å². The Morgan fingerprint density at radius 2 is 1.73 bits per heavy atom. The maximum atomic E-state index is 13.2. The highest BCUT2D eigenvalue weighted by molar-refractivity contribution is 6.36. The van der Waals surface area contributed by atoms with E-state index in [1.807, 2.05) is 30.3 Å². The van der Waals surface area contributed by atoms with Crippen LogP contribution in [0, 0.1) is 0 Å². The number of halogens is 2. The first kappa shape index (κ1) is 22.8. The topological polar surface area (TPSA) is 78.6 Å². The highest BCUT2D eigenvalue weighted by atomic mass is 35.5. The van der Waals surface area contributed by atoms with Gasteiger partial charge in [0.15, 0.2) is 17.1 Å². The smallest absolute Gasteiger partial charge is 0.310 e. The molecule has 0 bridgehead atoms. The Morgan fingerprint density at radius 1 is 1.00 bits per heavy atom. The van der Waals surface area contributed by atoms with Gasteiger partial charge in [-0.25, -0.2) is 0 Å². The van der Waals surface area contributed by atoms with Crippen molar-refractivity contribution in [2.24, 2.45) is 0 Å². The van der Waals surface area contributed by atoms with Gasteiger partial charge in [-0.15, -0.1) is 0 Å². The van der Waals surface area contributed by atoms with Crippen LogP contribution in [0.2, 0.25) is 10.0 Å². The van der Waals surface area contributed by atoms with E-state index in [9.17, 15) is 9.59 Å². The lowest BCUT2D eigenvalue weighted by molar-refractivity contribution is -0.144. The molecular formula is C25H19Cl2NO5. The van der Waals surface area contributed by atoms with E-state index < -0.39 is 5.97 Å². The maximum absolute atomic E-state index is 13.2. The summed E-state index contributed by atoms with van der Waals surface area (Å²) in [6.07, 6.45) is 4.21. The van der Waals surface area contributed by atoms with Crippen LogP contribution in [-0.2, 0) is 29.0 Å². The second kappa shape index (κ2) is 10.1. The Hall–Kier alpha value is -3.35. The van der Waals surface area contributed by atoms with Crippen molar-refractivity contribution in [1.29, 1.82) is 0 Å². The van der Waals surface area contributed by atoms with Gasteiger partial charge in [-0.1, -0.05) is 53.5 Å². The molecule has 0 aliphatic rings. The average molecular weight is 484 g/mol. The number of rotatable bonds is 8. The van der Waals surface area contributed by atoms with Crippen LogP contribution in [0.1, 0.15) is 27.0 Å². The quantitative estimate of drug-likeness (QED) is 0.231. The summed E-state index contributed by atoms with van der Waals surface area (Å²) in [7, 11) is 1.50. The molecule has 4 rings (SSSR count). The zero-order valence-corrected chi connectivity index (χ0v) is 19.2. The molecule has 0 fully saturated rings. The number of esters is 1. The largest absolute Gasteiger partial charge is 0.493 e. The number of benzene rings is 2.